The van der Waals surface area contributed by atoms with E-state index in [-0.39, 0.29) is 0 Å². The standard InChI is InChI=1S/C28H31N5O2/c1-34-28-4-2-3-24(17-28)20-33(19-23-5-7-26(8-6-23)32-12-11-29-22-32)27-9-10-30-25(18-27)21-31-13-15-35-16-14-31/h2-12,17-18,22H,13-16,19-21H2,1H3. The third kappa shape index (κ3) is 6.07. The minimum Gasteiger partial charge on any atom is -0.497 e. The first-order valence-corrected chi connectivity index (χ1v) is 12.0. The summed E-state index contributed by atoms with van der Waals surface area (Å²) >= 11 is 0. The highest BCUT2D eigenvalue weighted by Gasteiger charge is 2.14. The van der Waals surface area contributed by atoms with Crippen LogP contribution in [0.1, 0.15) is 16.8 Å². The quantitative estimate of drug-likeness (QED) is 0.364. The van der Waals surface area contributed by atoms with E-state index in [2.05, 4.69) is 68.3 Å². The molecule has 2 aromatic heterocycles. The van der Waals surface area contributed by atoms with Crippen molar-refractivity contribution in [2.45, 2.75) is 19.6 Å². The first kappa shape index (κ1) is 23.1. The second kappa shape index (κ2) is 11.2. The number of benzene rings is 2. The fraction of sp³-hybridized carbons (Fsp3) is 0.286. The van der Waals surface area contributed by atoms with Crippen molar-refractivity contribution in [3.63, 3.8) is 0 Å². The maximum atomic E-state index is 5.50. The molecule has 0 radical (unpaired) electrons. The minimum absolute atomic E-state index is 0.765. The van der Waals surface area contributed by atoms with Crippen LogP contribution in [-0.2, 0) is 24.4 Å². The first-order valence-electron chi connectivity index (χ1n) is 12.0. The van der Waals surface area contributed by atoms with Gasteiger partial charge in [-0.3, -0.25) is 9.88 Å². The van der Waals surface area contributed by atoms with Crippen LogP contribution in [0.4, 0.5) is 5.69 Å². The van der Waals surface area contributed by atoms with E-state index in [4.69, 9.17) is 9.47 Å². The first-order chi connectivity index (χ1) is 17.3. The molecule has 4 aromatic rings. The van der Waals surface area contributed by atoms with Crippen molar-refractivity contribution in [3.05, 3.63) is 102 Å². The second-order valence-electron chi connectivity index (χ2n) is 8.74. The Morgan fingerprint density at radius 3 is 2.54 bits per heavy atom. The minimum atomic E-state index is 0.765. The number of rotatable bonds is 9. The van der Waals surface area contributed by atoms with Gasteiger partial charge in [0.05, 0.1) is 32.3 Å². The van der Waals surface area contributed by atoms with Gasteiger partial charge >= 0.3 is 0 Å². The van der Waals surface area contributed by atoms with Crippen LogP contribution in [0.2, 0.25) is 0 Å². The molecule has 0 unspecified atom stereocenters. The number of morpholine rings is 1. The molecule has 2 aromatic carbocycles. The number of anilines is 1. The van der Waals surface area contributed by atoms with Gasteiger partial charge in [0.25, 0.3) is 0 Å². The highest BCUT2D eigenvalue weighted by molar-refractivity contribution is 5.49. The molecule has 1 aliphatic rings. The van der Waals surface area contributed by atoms with E-state index in [9.17, 15) is 0 Å². The van der Waals surface area contributed by atoms with Crippen molar-refractivity contribution in [1.29, 1.82) is 0 Å². The summed E-state index contributed by atoms with van der Waals surface area (Å²) in [5, 5.41) is 0. The topological polar surface area (TPSA) is 55.7 Å². The van der Waals surface area contributed by atoms with Crippen molar-refractivity contribution in [1.82, 2.24) is 19.4 Å². The van der Waals surface area contributed by atoms with Gasteiger partial charge in [-0.25, -0.2) is 4.98 Å². The Bertz CT molecular complexity index is 1200. The van der Waals surface area contributed by atoms with E-state index in [1.807, 2.05) is 35.4 Å². The molecule has 180 valence electrons. The molecule has 5 rings (SSSR count). The normalized spacial score (nSPS) is 14.1. The van der Waals surface area contributed by atoms with Crippen LogP contribution in [0.3, 0.4) is 0 Å². The number of aromatic nitrogens is 3. The fourth-order valence-corrected chi connectivity index (χ4v) is 4.37. The summed E-state index contributed by atoms with van der Waals surface area (Å²) in [6.07, 6.45) is 7.49. The highest BCUT2D eigenvalue weighted by atomic mass is 16.5. The molecule has 0 atom stereocenters. The lowest BCUT2D eigenvalue weighted by atomic mass is 10.1. The molecule has 7 nitrogen and oxygen atoms in total. The number of hydrogen-bond donors (Lipinski definition) is 0. The van der Waals surface area contributed by atoms with Gasteiger partial charge in [0, 0.05) is 62.7 Å². The number of imidazole rings is 1. The average Bonchev–Trinajstić information content (AvgIpc) is 3.45. The summed E-state index contributed by atoms with van der Waals surface area (Å²) < 4.78 is 13.0. The number of nitrogens with zero attached hydrogens (tertiary/aromatic N) is 5. The van der Waals surface area contributed by atoms with Crippen molar-refractivity contribution in [2.75, 3.05) is 38.3 Å². The van der Waals surface area contributed by atoms with Crippen LogP contribution in [0.5, 0.6) is 5.75 Å². The van der Waals surface area contributed by atoms with Crippen LogP contribution >= 0.6 is 0 Å². The predicted octanol–water partition coefficient (Wildman–Crippen LogP) is 4.31. The molecule has 35 heavy (non-hydrogen) atoms. The molecule has 1 fully saturated rings. The zero-order chi connectivity index (χ0) is 23.9. The van der Waals surface area contributed by atoms with Gasteiger partial charge in [0.15, 0.2) is 0 Å². The molecule has 0 N–H and O–H groups in total. The molecule has 0 aliphatic carbocycles. The van der Waals surface area contributed by atoms with Crippen LogP contribution in [-0.4, -0.2) is 52.8 Å². The fourth-order valence-electron chi connectivity index (χ4n) is 4.37. The number of hydrogen-bond acceptors (Lipinski definition) is 6. The molecule has 0 bridgehead atoms. The Morgan fingerprint density at radius 2 is 1.77 bits per heavy atom. The second-order valence-corrected chi connectivity index (χ2v) is 8.74. The molecule has 7 heteroatoms. The lowest BCUT2D eigenvalue weighted by molar-refractivity contribution is 0.0336. The van der Waals surface area contributed by atoms with E-state index in [1.165, 1.54) is 11.1 Å². The smallest absolute Gasteiger partial charge is 0.119 e. The summed E-state index contributed by atoms with van der Waals surface area (Å²) in [5.41, 5.74) is 5.77. The molecule has 0 saturated carbocycles. The van der Waals surface area contributed by atoms with E-state index >= 15 is 0 Å². The van der Waals surface area contributed by atoms with Crippen molar-refractivity contribution < 1.29 is 9.47 Å². The van der Waals surface area contributed by atoms with E-state index in [0.29, 0.717) is 0 Å². The Kier molecular flexibility index (Phi) is 7.36. The van der Waals surface area contributed by atoms with E-state index < -0.39 is 0 Å². The third-order valence-corrected chi connectivity index (χ3v) is 6.27. The molecule has 0 amide bonds. The van der Waals surface area contributed by atoms with Crippen molar-refractivity contribution in [3.8, 4) is 11.4 Å². The summed E-state index contributed by atoms with van der Waals surface area (Å²) in [5.74, 6) is 0.870. The van der Waals surface area contributed by atoms with E-state index in [0.717, 1.165) is 68.8 Å². The lowest BCUT2D eigenvalue weighted by Crippen LogP contribution is -2.35. The SMILES string of the molecule is COc1cccc(CN(Cc2ccc(-n3ccnc3)cc2)c2ccnc(CN3CCOCC3)c2)c1. The monoisotopic (exact) mass is 469 g/mol. The van der Waals surface area contributed by atoms with Crippen LogP contribution < -0.4 is 9.64 Å². The van der Waals surface area contributed by atoms with Gasteiger partial charge in [0.2, 0.25) is 0 Å². The van der Waals surface area contributed by atoms with Crippen LogP contribution in [0.25, 0.3) is 5.69 Å². The van der Waals surface area contributed by atoms with Gasteiger partial charge in [0.1, 0.15) is 5.75 Å². The van der Waals surface area contributed by atoms with Crippen molar-refractivity contribution in [2.24, 2.45) is 0 Å². The summed E-state index contributed by atoms with van der Waals surface area (Å²) in [6.45, 7) is 5.85. The summed E-state index contributed by atoms with van der Waals surface area (Å²) in [4.78, 5) is 13.6. The molecule has 1 saturated heterocycles. The van der Waals surface area contributed by atoms with Gasteiger partial charge < -0.3 is 18.9 Å². The molecular formula is C28H31N5O2. The molecule has 1 aliphatic heterocycles. The molecule has 3 heterocycles. The van der Waals surface area contributed by atoms with E-state index in [1.54, 1.807) is 13.3 Å². The molecule has 0 spiro atoms. The number of ether oxygens (including phenoxy) is 2. The maximum absolute atomic E-state index is 5.50. The number of pyridine rings is 1. The number of methoxy groups -OCH3 is 1. The largest absolute Gasteiger partial charge is 0.497 e. The van der Waals surface area contributed by atoms with Crippen molar-refractivity contribution >= 4 is 5.69 Å². The Morgan fingerprint density at radius 1 is 0.943 bits per heavy atom. The zero-order valence-electron chi connectivity index (χ0n) is 20.1. The highest BCUT2D eigenvalue weighted by Crippen LogP contribution is 2.24. The summed E-state index contributed by atoms with van der Waals surface area (Å²) in [7, 11) is 1.71. The third-order valence-electron chi connectivity index (χ3n) is 6.27. The zero-order valence-corrected chi connectivity index (χ0v) is 20.1. The molecular weight excluding hydrogens is 438 g/mol. The van der Waals surface area contributed by atoms with Crippen LogP contribution in [0.15, 0.2) is 85.6 Å². The summed E-state index contributed by atoms with van der Waals surface area (Å²) in [6, 6.07) is 21.2. The maximum Gasteiger partial charge on any atom is 0.119 e. The average molecular weight is 470 g/mol. The van der Waals surface area contributed by atoms with Gasteiger partial charge in [-0.2, -0.15) is 0 Å². The Hall–Kier alpha value is -3.68. The van der Waals surface area contributed by atoms with Crippen LogP contribution in [0, 0.1) is 0 Å². The Balaban J connectivity index is 1.39. The van der Waals surface area contributed by atoms with Gasteiger partial charge in [-0.1, -0.05) is 24.3 Å². The Labute approximate surface area is 206 Å². The predicted molar refractivity (Wildman–Crippen MR) is 137 cm³/mol. The lowest BCUT2D eigenvalue weighted by Gasteiger charge is -2.28. The van der Waals surface area contributed by atoms with Gasteiger partial charge in [-0.15, -0.1) is 0 Å². The van der Waals surface area contributed by atoms with Gasteiger partial charge in [-0.05, 0) is 47.5 Å².